The van der Waals surface area contributed by atoms with Crippen LogP contribution in [0.15, 0.2) is 42.5 Å². The van der Waals surface area contributed by atoms with Crippen molar-refractivity contribution in [3.8, 4) is 5.75 Å². The van der Waals surface area contributed by atoms with Crippen LogP contribution < -0.4 is 10.1 Å². The second-order valence-corrected chi connectivity index (χ2v) is 8.04. The second kappa shape index (κ2) is 8.65. The van der Waals surface area contributed by atoms with Gasteiger partial charge < -0.3 is 4.74 Å². The molecule has 0 fully saturated rings. The summed E-state index contributed by atoms with van der Waals surface area (Å²) in [6.07, 6.45) is 1.74. The Hall–Kier alpha value is -3.59. The Kier molecular flexibility index (Phi) is 5.77. The number of aromatic nitrogens is 2. The molecule has 0 saturated carbocycles. The predicted octanol–water partition coefficient (Wildman–Crippen LogP) is 3.55. The zero-order chi connectivity index (χ0) is 22.0. The van der Waals surface area contributed by atoms with Gasteiger partial charge in [-0.1, -0.05) is 36.5 Å². The highest BCUT2D eigenvalue weighted by molar-refractivity contribution is 7.15. The first-order valence-electron chi connectivity index (χ1n) is 9.77. The van der Waals surface area contributed by atoms with Gasteiger partial charge in [0.2, 0.25) is 5.13 Å². The fraction of sp³-hybridized carbons (Fsp3) is 0.227. The molecule has 8 nitrogen and oxygen atoms in total. The molecule has 1 aliphatic rings. The summed E-state index contributed by atoms with van der Waals surface area (Å²) in [7, 11) is 1.47. The summed E-state index contributed by atoms with van der Waals surface area (Å²) in [5.41, 5.74) is 1.68. The van der Waals surface area contributed by atoms with Crippen LogP contribution >= 0.6 is 11.3 Å². The first-order chi connectivity index (χ1) is 15.0. The fourth-order valence-corrected chi connectivity index (χ4v) is 4.22. The Labute approximate surface area is 182 Å². The van der Waals surface area contributed by atoms with Crippen LogP contribution in [-0.4, -0.2) is 39.9 Å². The molecule has 31 heavy (non-hydrogen) atoms. The van der Waals surface area contributed by atoms with Crippen molar-refractivity contribution in [1.29, 1.82) is 0 Å². The zero-order valence-electron chi connectivity index (χ0n) is 17.0. The number of benzene rings is 2. The Morgan fingerprint density at radius 1 is 1.10 bits per heavy atom. The molecule has 0 spiro atoms. The molecule has 2 heterocycles. The van der Waals surface area contributed by atoms with Crippen molar-refractivity contribution in [3.05, 3.63) is 69.7 Å². The van der Waals surface area contributed by atoms with E-state index in [9.17, 15) is 14.4 Å². The first kappa shape index (κ1) is 20.7. The van der Waals surface area contributed by atoms with E-state index in [0.717, 1.165) is 17.8 Å². The number of nitrogens with one attached hydrogen (secondary N) is 1. The largest absolute Gasteiger partial charge is 0.496 e. The van der Waals surface area contributed by atoms with Crippen LogP contribution in [0.3, 0.4) is 0 Å². The number of ether oxygens (including phenoxy) is 1. The lowest BCUT2D eigenvalue weighted by molar-refractivity contribution is 0.0642. The van der Waals surface area contributed by atoms with Crippen molar-refractivity contribution < 1.29 is 19.1 Å². The van der Waals surface area contributed by atoms with E-state index >= 15 is 0 Å². The fourth-order valence-electron chi connectivity index (χ4n) is 3.38. The lowest BCUT2D eigenvalue weighted by Crippen LogP contribution is -2.29. The van der Waals surface area contributed by atoms with Crippen LogP contribution in [0.4, 0.5) is 5.13 Å². The number of nitrogens with zero attached hydrogens (tertiary/aromatic N) is 3. The third kappa shape index (κ3) is 4.04. The number of aryl methyl sites for hydroxylation is 1. The van der Waals surface area contributed by atoms with Gasteiger partial charge in [-0.15, -0.1) is 10.2 Å². The van der Waals surface area contributed by atoms with Crippen LogP contribution in [0, 0.1) is 0 Å². The van der Waals surface area contributed by atoms with Gasteiger partial charge in [-0.2, -0.15) is 0 Å². The van der Waals surface area contributed by atoms with Gasteiger partial charge >= 0.3 is 0 Å². The quantitative estimate of drug-likeness (QED) is 0.569. The average molecular weight is 436 g/mol. The van der Waals surface area contributed by atoms with E-state index in [2.05, 4.69) is 15.5 Å². The van der Waals surface area contributed by atoms with Gasteiger partial charge in [-0.05, 0) is 36.2 Å². The van der Waals surface area contributed by atoms with Gasteiger partial charge in [-0.25, -0.2) is 0 Å². The molecule has 2 aromatic carbocycles. The van der Waals surface area contributed by atoms with Crippen molar-refractivity contribution in [3.63, 3.8) is 0 Å². The molecule has 1 N–H and O–H groups in total. The van der Waals surface area contributed by atoms with Crippen molar-refractivity contribution in [2.45, 2.75) is 26.3 Å². The molecule has 0 bridgehead atoms. The van der Waals surface area contributed by atoms with Gasteiger partial charge in [-0.3, -0.25) is 24.6 Å². The van der Waals surface area contributed by atoms with Gasteiger partial charge in [0.1, 0.15) is 10.8 Å². The molecular formula is C22H20N4O4S. The summed E-state index contributed by atoms with van der Waals surface area (Å²) in [6.45, 7) is 2.10. The Morgan fingerprint density at radius 3 is 2.45 bits per heavy atom. The maximum absolute atomic E-state index is 12.9. The van der Waals surface area contributed by atoms with E-state index in [0.29, 0.717) is 27.6 Å². The minimum absolute atomic E-state index is 0.0517. The molecule has 3 amide bonds. The number of carbonyl (C=O) groups excluding carboxylic acids is 3. The summed E-state index contributed by atoms with van der Waals surface area (Å²) in [5.74, 6) is -0.721. The van der Waals surface area contributed by atoms with Crippen LogP contribution in [0.25, 0.3) is 0 Å². The molecule has 0 aliphatic carbocycles. The van der Waals surface area contributed by atoms with Crippen LogP contribution in [0.5, 0.6) is 5.75 Å². The van der Waals surface area contributed by atoms with E-state index in [-0.39, 0.29) is 23.9 Å². The second-order valence-electron chi connectivity index (χ2n) is 6.98. The third-order valence-corrected chi connectivity index (χ3v) is 5.78. The smallest absolute Gasteiger partial charge is 0.261 e. The maximum atomic E-state index is 12.9. The van der Waals surface area contributed by atoms with Crippen molar-refractivity contribution in [2.75, 3.05) is 12.4 Å². The lowest BCUT2D eigenvalue weighted by Gasteiger charge is -2.15. The summed E-state index contributed by atoms with van der Waals surface area (Å²) < 4.78 is 5.32. The van der Waals surface area contributed by atoms with Crippen molar-refractivity contribution in [1.82, 2.24) is 15.1 Å². The highest BCUT2D eigenvalue weighted by Crippen LogP contribution is 2.27. The first-order valence-corrected chi connectivity index (χ1v) is 10.6. The maximum Gasteiger partial charge on any atom is 0.261 e. The number of anilines is 1. The van der Waals surface area contributed by atoms with E-state index in [1.165, 1.54) is 23.3 Å². The van der Waals surface area contributed by atoms with Crippen LogP contribution in [-0.2, 0) is 13.0 Å². The standard InChI is InChI=1S/C22H20N4O4S/c1-3-6-18-24-25-22(31-18)23-19(27)16-11-13(9-10-17(16)30-2)12-26-20(28)14-7-4-5-8-15(14)21(26)29/h4-5,7-11H,3,6,12H2,1-2H3,(H,23,25,27). The summed E-state index contributed by atoms with van der Waals surface area (Å²) in [5, 5.41) is 12.1. The monoisotopic (exact) mass is 436 g/mol. The number of hydrogen-bond acceptors (Lipinski definition) is 7. The van der Waals surface area contributed by atoms with E-state index in [1.807, 2.05) is 6.92 Å². The molecule has 0 radical (unpaired) electrons. The van der Waals surface area contributed by atoms with Crippen LogP contribution in [0.1, 0.15) is 55.0 Å². The number of hydrogen-bond donors (Lipinski definition) is 1. The van der Waals surface area contributed by atoms with Gasteiger partial charge in [0, 0.05) is 6.42 Å². The number of fused-ring (bicyclic) bond motifs is 1. The Bertz CT molecular complexity index is 1140. The van der Waals surface area contributed by atoms with Gasteiger partial charge in [0.15, 0.2) is 0 Å². The molecule has 0 unspecified atom stereocenters. The highest BCUT2D eigenvalue weighted by atomic mass is 32.1. The van der Waals surface area contributed by atoms with Crippen LogP contribution in [0.2, 0.25) is 0 Å². The minimum atomic E-state index is -0.403. The number of carbonyl (C=O) groups is 3. The van der Waals surface area contributed by atoms with E-state index < -0.39 is 5.91 Å². The molecular weight excluding hydrogens is 416 g/mol. The number of rotatable bonds is 7. The summed E-state index contributed by atoms with van der Waals surface area (Å²) >= 11 is 1.33. The van der Waals surface area contributed by atoms with Gasteiger partial charge in [0.25, 0.3) is 17.7 Å². The third-order valence-electron chi connectivity index (χ3n) is 4.88. The number of methoxy groups -OCH3 is 1. The Balaban J connectivity index is 1.55. The molecule has 0 saturated heterocycles. The topological polar surface area (TPSA) is 101 Å². The Morgan fingerprint density at radius 2 is 1.81 bits per heavy atom. The summed E-state index contributed by atoms with van der Waals surface area (Å²) in [4.78, 5) is 39.3. The highest BCUT2D eigenvalue weighted by Gasteiger charge is 2.35. The normalized spacial score (nSPS) is 12.8. The molecule has 158 valence electrons. The molecule has 9 heteroatoms. The van der Waals surface area contributed by atoms with Crippen molar-refractivity contribution in [2.24, 2.45) is 0 Å². The van der Waals surface area contributed by atoms with E-state index in [4.69, 9.17) is 4.74 Å². The molecule has 3 aromatic rings. The molecule has 4 rings (SSSR count). The summed E-state index contributed by atoms with van der Waals surface area (Å²) in [6, 6.07) is 11.7. The van der Waals surface area contributed by atoms with Gasteiger partial charge in [0.05, 0.1) is 30.3 Å². The minimum Gasteiger partial charge on any atom is -0.496 e. The SMILES string of the molecule is CCCc1nnc(NC(=O)c2cc(CN3C(=O)c4ccccc4C3=O)ccc2OC)s1. The van der Waals surface area contributed by atoms with Crippen molar-refractivity contribution >= 4 is 34.2 Å². The molecule has 1 aliphatic heterocycles. The average Bonchev–Trinajstić information content (AvgIpc) is 3.32. The molecule has 1 aromatic heterocycles. The predicted molar refractivity (Wildman–Crippen MR) is 115 cm³/mol. The lowest BCUT2D eigenvalue weighted by atomic mass is 10.1. The number of imide groups is 1. The van der Waals surface area contributed by atoms with E-state index in [1.54, 1.807) is 42.5 Å². The number of amides is 3. The zero-order valence-corrected chi connectivity index (χ0v) is 17.9. The molecule has 0 atom stereocenters.